The first-order chi connectivity index (χ1) is 24.6. The fourth-order valence-corrected chi connectivity index (χ4v) is 7.31. The Balaban J connectivity index is 1.23. The number of nitro benzene ring substituents is 1. The number of hydrogen-bond acceptors (Lipinski definition) is 4. The maximum Gasteiger partial charge on any atom is 0.269 e. The van der Waals surface area contributed by atoms with Gasteiger partial charge in [0.05, 0.1) is 10.4 Å². The maximum absolute atomic E-state index is 11.5. The van der Waals surface area contributed by atoms with E-state index in [9.17, 15) is 10.1 Å². The molecule has 236 valence electrons. The summed E-state index contributed by atoms with van der Waals surface area (Å²) in [5.41, 5.74) is 8.33. The van der Waals surface area contributed by atoms with E-state index in [1.54, 1.807) is 30.5 Å². The highest BCUT2D eigenvalue weighted by Gasteiger charge is 2.19. The van der Waals surface area contributed by atoms with Gasteiger partial charge in [0.15, 0.2) is 0 Å². The lowest BCUT2D eigenvalue weighted by Crippen LogP contribution is -2.10. The molecule has 5 heteroatoms. The third-order valence-corrected chi connectivity index (χ3v) is 9.57. The molecule has 9 aromatic rings. The van der Waals surface area contributed by atoms with E-state index in [1.165, 1.54) is 49.0 Å². The molecule has 0 aliphatic rings. The molecule has 0 radical (unpaired) electrons. The Morgan fingerprint density at radius 1 is 0.480 bits per heavy atom. The standard InChI is InChI=1S/C45H29N3O2/c49-48(50)35-26-24-34(25-27-35)47(36-23-18-31-11-8-28-46-43(31)29-36)33-21-19-32(20-22-33)44-39-13-3-5-15-41(39)45(42-16-6-4-14-40(42)44)38-17-7-10-30-9-1-2-12-37(30)38/h1-29H. The molecule has 5 nitrogen and oxygen atoms in total. The Kier molecular flexibility index (Phi) is 7.03. The highest BCUT2D eigenvalue weighted by molar-refractivity contribution is 6.23. The summed E-state index contributed by atoms with van der Waals surface area (Å²) < 4.78 is 0. The van der Waals surface area contributed by atoms with Crippen LogP contribution in [0.5, 0.6) is 0 Å². The lowest BCUT2D eigenvalue weighted by molar-refractivity contribution is -0.384. The minimum absolute atomic E-state index is 0.0509. The third-order valence-electron chi connectivity index (χ3n) is 9.57. The van der Waals surface area contributed by atoms with E-state index >= 15 is 0 Å². The van der Waals surface area contributed by atoms with Crippen LogP contribution >= 0.6 is 0 Å². The van der Waals surface area contributed by atoms with Gasteiger partial charge in [-0.25, -0.2) is 0 Å². The number of rotatable bonds is 6. The van der Waals surface area contributed by atoms with E-state index in [-0.39, 0.29) is 10.6 Å². The summed E-state index contributed by atoms with van der Waals surface area (Å²) in [6.45, 7) is 0. The van der Waals surface area contributed by atoms with Crippen molar-refractivity contribution in [3.8, 4) is 22.3 Å². The number of fused-ring (bicyclic) bond motifs is 4. The van der Waals surface area contributed by atoms with Gasteiger partial charge in [0, 0.05) is 40.8 Å². The van der Waals surface area contributed by atoms with Gasteiger partial charge >= 0.3 is 0 Å². The predicted octanol–water partition coefficient (Wildman–Crippen LogP) is 12.4. The molecule has 0 bridgehead atoms. The van der Waals surface area contributed by atoms with Crippen molar-refractivity contribution in [2.45, 2.75) is 0 Å². The van der Waals surface area contributed by atoms with Crippen LogP contribution in [0.25, 0.3) is 65.5 Å². The molecule has 0 fully saturated rings. The van der Waals surface area contributed by atoms with Crippen molar-refractivity contribution in [3.05, 3.63) is 186 Å². The average molecular weight is 644 g/mol. The van der Waals surface area contributed by atoms with Crippen LogP contribution in [0.1, 0.15) is 0 Å². The Bertz CT molecular complexity index is 2680. The maximum atomic E-state index is 11.5. The number of pyridine rings is 1. The van der Waals surface area contributed by atoms with Crippen LogP contribution in [0, 0.1) is 10.1 Å². The third kappa shape index (κ3) is 4.92. The first kappa shape index (κ1) is 29.3. The zero-order valence-electron chi connectivity index (χ0n) is 26.9. The van der Waals surface area contributed by atoms with Crippen LogP contribution in [0.15, 0.2) is 176 Å². The average Bonchev–Trinajstić information content (AvgIpc) is 3.17. The normalized spacial score (nSPS) is 11.4. The van der Waals surface area contributed by atoms with Crippen LogP contribution in [-0.4, -0.2) is 9.91 Å². The second-order valence-corrected chi connectivity index (χ2v) is 12.4. The number of hydrogen-bond donors (Lipinski definition) is 0. The van der Waals surface area contributed by atoms with Gasteiger partial charge in [-0.2, -0.15) is 0 Å². The molecule has 0 unspecified atom stereocenters. The summed E-state index contributed by atoms with van der Waals surface area (Å²) in [5.74, 6) is 0. The van der Waals surface area contributed by atoms with Gasteiger partial charge in [-0.15, -0.1) is 0 Å². The number of nitro groups is 1. The highest BCUT2D eigenvalue weighted by Crippen LogP contribution is 2.46. The fraction of sp³-hybridized carbons (Fsp3) is 0. The molecule has 0 saturated heterocycles. The van der Waals surface area contributed by atoms with Crippen LogP contribution < -0.4 is 4.90 Å². The van der Waals surface area contributed by atoms with Crippen molar-refractivity contribution in [2.75, 3.05) is 4.90 Å². The molecule has 0 aliphatic carbocycles. The molecular formula is C45H29N3O2. The van der Waals surface area contributed by atoms with Crippen molar-refractivity contribution < 1.29 is 4.92 Å². The van der Waals surface area contributed by atoms with Gasteiger partial charge in [-0.1, -0.05) is 115 Å². The minimum atomic E-state index is -0.372. The number of benzene rings is 8. The smallest absolute Gasteiger partial charge is 0.269 e. The second kappa shape index (κ2) is 12.0. The van der Waals surface area contributed by atoms with Crippen LogP contribution in [0.3, 0.4) is 0 Å². The van der Waals surface area contributed by atoms with Crippen molar-refractivity contribution in [1.82, 2.24) is 4.98 Å². The zero-order valence-corrected chi connectivity index (χ0v) is 26.9. The van der Waals surface area contributed by atoms with E-state index in [1.807, 2.05) is 12.1 Å². The van der Waals surface area contributed by atoms with Gasteiger partial charge in [0.1, 0.15) is 0 Å². The van der Waals surface area contributed by atoms with Gasteiger partial charge in [-0.3, -0.25) is 15.1 Å². The summed E-state index contributed by atoms with van der Waals surface area (Å²) in [5, 5.41) is 19.8. The molecule has 0 spiro atoms. The van der Waals surface area contributed by atoms with Gasteiger partial charge < -0.3 is 4.90 Å². The second-order valence-electron chi connectivity index (χ2n) is 12.4. The summed E-state index contributed by atoms with van der Waals surface area (Å²) in [6.07, 6.45) is 1.79. The molecule has 1 heterocycles. The topological polar surface area (TPSA) is 59.3 Å². The molecular weight excluding hydrogens is 615 g/mol. The van der Waals surface area contributed by atoms with Crippen molar-refractivity contribution >= 4 is 66.0 Å². The zero-order chi connectivity index (χ0) is 33.6. The fourth-order valence-electron chi connectivity index (χ4n) is 7.31. The summed E-state index contributed by atoms with van der Waals surface area (Å²) in [6, 6.07) is 58.0. The van der Waals surface area contributed by atoms with Crippen LogP contribution in [0.2, 0.25) is 0 Å². The van der Waals surface area contributed by atoms with Gasteiger partial charge in [-0.05, 0) is 97.0 Å². The number of aromatic nitrogens is 1. The van der Waals surface area contributed by atoms with E-state index in [0.717, 1.165) is 33.5 Å². The lowest BCUT2D eigenvalue weighted by Gasteiger charge is -2.26. The molecule has 9 rings (SSSR count). The quantitative estimate of drug-likeness (QED) is 0.103. The molecule has 0 N–H and O–H groups in total. The Morgan fingerprint density at radius 2 is 1.02 bits per heavy atom. The van der Waals surface area contributed by atoms with Crippen LogP contribution in [-0.2, 0) is 0 Å². The lowest BCUT2D eigenvalue weighted by atomic mass is 9.85. The minimum Gasteiger partial charge on any atom is -0.310 e. The molecule has 0 saturated carbocycles. The van der Waals surface area contributed by atoms with E-state index in [0.29, 0.717) is 0 Å². The Morgan fingerprint density at radius 3 is 1.68 bits per heavy atom. The monoisotopic (exact) mass is 643 g/mol. The van der Waals surface area contributed by atoms with E-state index in [2.05, 4.69) is 143 Å². The van der Waals surface area contributed by atoms with Crippen molar-refractivity contribution in [1.29, 1.82) is 0 Å². The van der Waals surface area contributed by atoms with Gasteiger partial charge in [0.2, 0.25) is 0 Å². The number of non-ortho nitro benzene ring substituents is 1. The first-order valence-corrected chi connectivity index (χ1v) is 16.6. The Hall–Kier alpha value is -6.85. The van der Waals surface area contributed by atoms with E-state index in [4.69, 9.17) is 0 Å². The van der Waals surface area contributed by atoms with E-state index < -0.39 is 0 Å². The highest BCUT2D eigenvalue weighted by atomic mass is 16.6. The molecule has 50 heavy (non-hydrogen) atoms. The molecule has 0 aliphatic heterocycles. The first-order valence-electron chi connectivity index (χ1n) is 16.6. The summed E-state index contributed by atoms with van der Waals surface area (Å²) >= 11 is 0. The molecule has 0 atom stereocenters. The van der Waals surface area contributed by atoms with Crippen LogP contribution in [0.4, 0.5) is 22.7 Å². The molecule has 0 amide bonds. The summed E-state index contributed by atoms with van der Waals surface area (Å²) in [4.78, 5) is 17.8. The molecule has 8 aromatic carbocycles. The molecule has 1 aromatic heterocycles. The Labute approximate surface area is 288 Å². The number of anilines is 3. The SMILES string of the molecule is O=[N+]([O-])c1ccc(N(c2ccc(-c3c4ccccc4c(-c4cccc5ccccc45)c4ccccc34)cc2)c2ccc3cccnc3c2)cc1. The van der Waals surface area contributed by atoms with Crippen molar-refractivity contribution in [3.63, 3.8) is 0 Å². The number of nitrogens with zero attached hydrogens (tertiary/aromatic N) is 3. The van der Waals surface area contributed by atoms with Crippen molar-refractivity contribution in [2.24, 2.45) is 0 Å². The largest absolute Gasteiger partial charge is 0.310 e. The summed E-state index contributed by atoms with van der Waals surface area (Å²) in [7, 11) is 0. The van der Waals surface area contributed by atoms with Gasteiger partial charge in [0.25, 0.3) is 5.69 Å². The predicted molar refractivity (Wildman–Crippen MR) is 206 cm³/mol.